The average Bonchev–Trinajstić information content (AvgIpc) is 3.09. The molecular weight excluding hydrogens is 439 g/mol. The number of nitrogens with one attached hydrogen (secondary N) is 2. The lowest BCUT2D eigenvalue weighted by atomic mass is 9.60. The highest BCUT2D eigenvalue weighted by Crippen LogP contribution is 2.49. The Morgan fingerprint density at radius 3 is 2.44 bits per heavy atom. The van der Waals surface area contributed by atoms with E-state index in [0.29, 0.717) is 10.9 Å². The zero-order valence-corrected chi connectivity index (χ0v) is 20.2. The largest absolute Gasteiger partial charge is 0.325 e. The Balaban J connectivity index is 1.61. The Bertz CT molecular complexity index is 893. The van der Waals surface area contributed by atoms with Crippen LogP contribution < -0.4 is 10.6 Å². The second-order valence-corrected chi connectivity index (χ2v) is 10.4. The van der Waals surface area contributed by atoms with Crippen molar-refractivity contribution in [2.24, 2.45) is 11.3 Å². The topological polar surface area (TPSA) is 41.1 Å². The van der Waals surface area contributed by atoms with Gasteiger partial charge in [-0.25, -0.2) is 0 Å². The fourth-order valence-corrected chi connectivity index (χ4v) is 6.29. The average molecular weight is 473 g/mol. The molecule has 5 heteroatoms. The third-order valence-electron chi connectivity index (χ3n) is 7.55. The van der Waals surface area contributed by atoms with Crippen molar-refractivity contribution in [3.8, 4) is 0 Å². The summed E-state index contributed by atoms with van der Waals surface area (Å²) < 4.78 is 0. The number of carbonyl (C=O) groups is 1. The Morgan fingerprint density at radius 1 is 0.969 bits per heavy atom. The molecule has 1 amide bonds. The first-order chi connectivity index (χ1) is 15.6. The van der Waals surface area contributed by atoms with E-state index in [4.69, 9.17) is 23.2 Å². The molecular formula is C27H34Cl2N2O. The second-order valence-electron chi connectivity index (χ2n) is 9.54. The normalized spacial score (nSPS) is 24.6. The van der Waals surface area contributed by atoms with Crippen LogP contribution in [0, 0.1) is 11.3 Å². The number of rotatable bonds is 6. The van der Waals surface area contributed by atoms with Gasteiger partial charge in [-0.1, -0.05) is 61.0 Å². The SMILES string of the molecule is O=C(Nc1ccc(Cl)cc1)C1NCCCC1(CCc1cccc(Cl)c1)C1CCCCCC1. The molecule has 172 valence electrons. The summed E-state index contributed by atoms with van der Waals surface area (Å²) in [6.45, 7) is 0.893. The van der Waals surface area contributed by atoms with Crippen molar-refractivity contribution >= 4 is 34.8 Å². The van der Waals surface area contributed by atoms with Crippen LogP contribution in [-0.2, 0) is 11.2 Å². The minimum absolute atomic E-state index is 0.0403. The molecule has 32 heavy (non-hydrogen) atoms. The summed E-state index contributed by atoms with van der Waals surface area (Å²) in [4.78, 5) is 13.6. The van der Waals surface area contributed by atoms with E-state index in [9.17, 15) is 4.79 Å². The molecule has 2 fully saturated rings. The van der Waals surface area contributed by atoms with Crippen LogP contribution in [-0.4, -0.2) is 18.5 Å². The van der Waals surface area contributed by atoms with Gasteiger partial charge in [-0.3, -0.25) is 4.79 Å². The smallest absolute Gasteiger partial charge is 0.242 e. The molecule has 2 aromatic rings. The molecule has 0 aromatic heterocycles. The first-order valence-corrected chi connectivity index (χ1v) is 12.9. The van der Waals surface area contributed by atoms with Crippen molar-refractivity contribution < 1.29 is 4.79 Å². The van der Waals surface area contributed by atoms with Crippen molar-refractivity contribution in [3.63, 3.8) is 0 Å². The number of piperidine rings is 1. The highest BCUT2D eigenvalue weighted by atomic mass is 35.5. The number of amides is 1. The lowest BCUT2D eigenvalue weighted by molar-refractivity contribution is -0.124. The summed E-state index contributed by atoms with van der Waals surface area (Å²) in [5, 5.41) is 8.27. The molecule has 2 atom stereocenters. The molecule has 2 unspecified atom stereocenters. The zero-order valence-electron chi connectivity index (χ0n) is 18.7. The number of anilines is 1. The van der Waals surface area contributed by atoms with Crippen molar-refractivity contribution in [2.45, 2.75) is 70.3 Å². The van der Waals surface area contributed by atoms with Gasteiger partial charge in [0, 0.05) is 15.7 Å². The van der Waals surface area contributed by atoms with Crippen LogP contribution in [0.3, 0.4) is 0 Å². The van der Waals surface area contributed by atoms with Crippen molar-refractivity contribution in [1.82, 2.24) is 5.32 Å². The molecule has 0 bridgehead atoms. The van der Waals surface area contributed by atoms with E-state index < -0.39 is 0 Å². The first-order valence-electron chi connectivity index (χ1n) is 12.1. The Labute approximate surface area is 202 Å². The molecule has 1 aliphatic carbocycles. The fourth-order valence-electron chi connectivity index (χ4n) is 5.95. The van der Waals surface area contributed by atoms with Gasteiger partial charge in [-0.15, -0.1) is 0 Å². The molecule has 1 saturated heterocycles. The van der Waals surface area contributed by atoms with E-state index >= 15 is 0 Å². The van der Waals surface area contributed by atoms with Crippen LogP contribution in [0.5, 0.6) is 0 Å². The van der Waals surface area contributed by atoms with Crippen LogP contribution in [0.25, 0.3) is 0 Å². The minimum atomic E-state index is -0.186. The predicted octanol–water partition coefficient (Wildman–Crippen LogP) is 7.27. The maximum Gasteiger partial charge on any atom is 0.242 e. The van der Waals surface area contributed by atoms with Gasteiger partial charge in [0.2, 0.25) is 5.91 Å². The molecule has 0 spiro atoms. The van der Waals surface area contributed by atoms with E-state index in [2.05, 4.69) is 22.8 Å². The summed E-state index contributed by atoms with van der Waals surface area (Å²) in [5.41, 5.74) is 2.02. The highest BCUT2D eigenvalue weighted by molar-refractivity contribution is 6.30. The van der Waals surface area contributed by atoms with E-state index in [1.54, 1.807) is 0 Å². The standard InChI is InChI=1S/C27H34Cl2N2O/c28-22-11-13-24(14-12-22)31-26(32)25-27(16-6-18-30-25,21-8-3-1-2-4-9-21)17-15-20-7-5-10-23(29)19-20/h5,7,10-14,19,21,25,30H,1-4,6,8-9,15-18H2,(H,31,32). The molecule has 1 saturated carbocycles. The Hall–Kier alpha value is -1.55. The lowest BCUT2D eigenvalue weighted by Crippen LogP contribution is -2.59. The van der Waals surface area contributed by atoms with Crippen LogP contribution in [0.15, 0.2) is 48.5 Å². The molecule has 1 aliphatic heterocycles. The highest BCUT2D eigenvalue weighted by Gasteiger charge is 2.49. The molecule has 2 N–H and O–H groups in total. The number of hydrogen-bond acceptors (Lipinski definition) is 2. The molecule has 4 rings (SSSR count). The number of hydrogen-bond donors (Lipinski definition) is 2. The van der Waals surface area contributed by atoms with E-state index in [0.717, 1.165) is 42.9 Å². The number of benzene rings is 2. The summed E-state index contributed by atoms with van der Waals surface area (Å²) in [6.07, 6.45) is 11.8. The van der Waals surface area contributed by atoms with Crippen LogP contribution in [0.4, 0.5) is 5.69 Å². The van der Waals surface area contributed by atoms with Gasteiger partial charge in [0.25, 0.3) is 0 Å². The third kappa shape index (κ3) is 5.68. The quantitative estimate of drug-likeness (QED) is 0.433. The van der Waals surface area contributed by atoms with Gasteiger partial charge in [0.05, 0.1) is 6.04 Å². The monoisotopic (exact) mass is 472 g/mol. The van der Waals surface area contributed by atoms with E-state index in [1.165, 1.54) is 44.1 Å². The van der Waals surface area contributed by atoms with Gasteiger partial charge in [-0.05, 0) is 98.4 Å². The minimum Gasteiger partial charge on any atom is -0.325 e. The maximum absolute atomic E-state index is 13.6. The third-order valence-corrected chi connectivity index (χ3v) is 8.04. The van der Waals surface area contributed by atoms with Gasteiger partial charge in [-0.2, -0.15) is 0 Å². The van der Waals surface area contributed by atoms with Gasteiger partial charge in [0.15, 0.2) is 0 Å². The van der Waals surface area contributed by atoms with E-state index in [-0.39, 0.29) is 17.4 Å². The lowest BCUT2D eigenvalue weighted by Gasteiger charge is -2.49. The van der Waals surface area contributed by atoms with Crippen LogP contribution >= 0.6 is 23.2 Å². The second kappa shape index (κ2) is 11.0. The maximum atomic E-state index is 13.6. The van der Waals surface area contributed by atoms with Crippen molar-refractivity contribution in [3.05, 3.63) is 64.1 Å². The Kier molecular flexibility index (Phi) is 8.15. The molecule has 1 heterocycles. The first kappa shape index (κ1) is 23.6. The Morgan fingerprint density at radius 2 is 1.72 bits per heavy atom. The van der Waals surface area contributed by atoms with Crippen molar-refractivity contribution in [2.75, 3.05) is 11.9 Å². The van der Waals surface area contributed by atoms with Crippen molar-refractivity contribution in [1.29, 1.82) is 0 Å². The number of halogens is 2. The number of carbonyl (C=O) groups excluding carboxylic acids is 1. The van der Waals surface area contributed by atoms with E-state index in [1.807, 2.05) is 36.4 Å². The number of aryl methyl sites for hydroxylation is 1. The summed E-state index contributed by atoms with van der Waals surface area (Å²) in [5.74, 6) is 0.653. The molecule has 0 radical (unpaired) electrons. The predicted molar refractivity (Wildman–Crippen MR) is 135 cm³/mol. The molecule has 2 aromatic carbocycles. The van der Waals surface area contributed by atoms with Gasteiger partial charge in [0.1, 0.15) is 0 Å². The summed E-state index contributed by atoms with van der Waals surface area (Å²) in [7, 11) is 0. The summed E-state index contributed by atoms with van der Waals surface area (Å²) >= 11 is 12.3. The fraction of sp³-hybridized carbons (Fsp3) is 0.519. The van der Waals surface area contributed by atoms with Crippen LogP contribution in [0.1, 0.15) is 63.4 Å². The van der Waals surface area contributed by atoms with Crippen LogP contribution in [0.2, 0.25) is 10.0 Å². The van der Waals surface area contributed by atoms with Gasteiger partial charge < -0.3 is 10.6 Å². The summed E-state index contributed by atoms with van der Waals surface area (Å²) in [6, 6.07) is 15.4. The molecule has 3 nitrogen and oxygen atoms in total. The van der Waals surface area contributed by atoms with Gasteiger partial charge >= 0.3 is 0 Å². The zero-order chi connectivity index (χ0) is 22.4. The molecule has 2 aliphatic rings.